The van der Waals surface area contributed by atoms with Crippen LogP contribution in [0.5, 0.6) is 11.5 Å². The molecular formula is C33H31F3N2O10. The van der Waals surface area contributed by atoms with Gasteiger partial charge in [0.15, 0.2) is 23.6 Å². The largest absolute Gasteiger partial charge is 0.505 e. The summed E-state index contributed by atoms with van der Waals surface area (Å²) in [7, 11) is 1.35. The van der Waals surface area contributed by atoms with Gasteiger partial charge in [-0.25, -0.2) is 9.59 Å². The fourth-order valence-corrected chi connectivity index (χ4v) is 5.55. The molecule has 0 spiro atoms. The van der Waals surface area contributed by atoms with Gasteiger partial charge in [0.25, 0.3) is 5.91 Å². The molecule has 5 N–H and O–H groups in total. The molecule has 4 atom stereocenters. The van der Waals surface area contributed by atoms with Gasteiger partial charge >= 0.3 is 17.9 Å². The van der Waals surface area contributed by atoms with Gasteiger partial charge in [0.2, 0.25) is 6.29 Å². The number of fused-ring (bicyclic) bond motifs is 1. The zero-order valence-electron chi connectivity index (χ0n) is 26.0. The Balaban J connectivity index is 1.40. The quantitative estimate of drug-likeness (QED) is 0.193. The molecule has 2 heterocycles. The number of alkyl halides is 3. The summed E-state index contributed by atoms with van der Waals surface area (Å²) in [6, 6.07) is 13.1. The van der Waals surface area contributed by atoms with E-state index in [-0.39, 0.29) is 27.8 Å². The number of methoxy groups -OCH3 is 1. The standard InChI is InChI=1S/C33H31F3N2O10/c1-15-21(45-30-24(40)26(47-31(37)43)27(44-4)32(2,3)48-30)13-12-20-23(39)22(29(42)46-25(15)20)38-28(41)18-7-5-6-17(14-18)16-8-10-19(11-9-16)33(34,35)36/h5-14,24,26-27,30,39-40H,1-4H3,(H2,37,43)(H,38,41)/t24-,26+,27-,30-/m1/s1. The number of hydrogen-bond donors (Lipinski definition) is 4. The number of amides is 2. The number of rotatable bonds is 7. The fourth-order valence-electron chi connectivity index (χ4n) is 5.55. The summed E-state index contributed by atoms with van der Waals surface area (Å²) in [5, 5.41) is 24.4. The molecule has 1 aliphatic rings. The first kappa shape index (κ1) is 34.2. The van der Waals surface area contributed by atoms with Crippen molar-refractivity contribution in [2.75, 3.05) is 12.4 Å². The van der Waals surface area contributed by atoms with Crippen LogP contribution in [0.2, 0.25) is 0 Å². The van der Waals surface area contributed by atoms with Crippen LogP contribution in [-0.2, 0) is 20.4 Å². The van der Waals surface area contributed by atoms with Gasteiger partial charge in [-0.15, -0.1) is 0 Å². The summed E-state index contributed by atoms with van der Waals surface area (Å²) < 4.78 is 66.7. The number of nitrogens with two attached hydrogens (primary N) is 1. The van der Waals surface area contributed by atoms with Crippen molar-refractivity contribution >= 4 is 28.7 Å². The molecule has 1 fully saturated rings. The maximum atomic E-state index is 13.1. The van der Waals surface area contributed by atoms with Crippen LogP contribution in [0.15, 0.2) is 69.9 Å². The molecule has 0 unspecified atom stereocenters. The van der Waals surface area contributed by atoms with Crippen LogP contribution in [0.1, 0.15) is 35.3 Å². The number of anilines is 1. The minimum absolute atomic E-state index is 0.0353. The molecule has 5 rings (SSSR count). The van der Waals surface area contributed by atoms with Gasteiger partial charge < -0.3 is 44.6 Å². The topological polar surface area (TPSA) is 180 Å². The zero-order chi connectivity index (χ0) is 35.1. The lowest BCUT2D eigenvalue weighted by atomic mass is 9.89. The van der Waals surface area contributed by atoms with E-state index in [2.05, 4.69) is 5.32 Å². The minimum atomic E-state index is -4.50. The number of benzene rings is 3. The third kappa shape index (κ3) is 6.65. The Hall–Kier alpha value is -5.12. The van der Waals surface area contributed by atoms with E-state index < -0.39 is 71.0 Å². The molecule has 0 radical (unpaired) electrons. The molecule has 0 saturated carbocycles. The molecular weight excluding hydrogens is 641 g/mol. The molecule has 4 aromatic rings. The highest BCUT2D eigenvalue weighted by Gasteiger charge is 2.53. The van der Waals surface area contributed by atoms with Crippen molar-refractivity contribution in [3.63, 3.8) is 0 Å². The zero-order valence-corrected chi connectivity index (χ0v) is 26.0. The second kappa shape index (κ2) is 12.8. The number of nitrogens with one attached hydrogen (secondary N) is 1. The number of primary amides is 1. The van der Waals surface area contributed by atoms with E-state index in [1.807, 2.05) is 0 Å². The van der Waals surface area contributed by atoms with Gasteiger partial charge in [-0.05, 0) is 68.3 Å². The highest BCUT2D eigenvalue weighted by Crippen LogP contribution is 2.39. The third-order valence-corrected chi connectivity index (χ3v) is 7.92. The maximum absolute atomic E-state index is 13.1. The monoisotopic (exact) mass is 672 g/mol. The van der Waals surface area contributed by atoms with E-state index in [0.717, 1.165) is 12.1 Å². The number of ether oxygens (including phenoxy) is 4. The molecule has 0 aliphatic carbocycles. The van der Waals surface area contributed by atoms with Gasteiger partial charge in [0.05, 0.1) is 16.6 Å². The Kier molecular flexibility index (Phi) is 9.14. The summed E-state index contributed by atoms with van der Waals surface area (Å²) in [6.45, 7) is 4.78. The Morgan fingerprint density at radius 1 is 1.04 bits per heavy atom. The lowest BCUT2D eigenvalue weighted by molar-refractivity contribution is -0.304. The summed E-state index contributed by atoms with van der Waals surface area (Å²) in [4.78, 5) is 37.7. The Morgan fingerprint density at radius 3 is 2.35 bits per heavy atom. The van der Waals surface area contributed by atoms with Crippen LogP contribution >= 0.6 is 0 Å². The molecule has 48 heavy (non-hydrogen) atoms. The normalized spacial score (nSPS) is 20.7. The first-order chi connectivity index (χ1) is 22.5. The average Bonchev–Trinajstić information content (AvgIpc) is 3.02. The number of carbonyl (C=O) groups is 2. The highest BCUT2D eigenvalue weighted by molar-refractivity contribution is 6.07. The average molecular weight is 673 g/mol. The van der Waals surface area contributed by atoms with Crippen molar-refractivity contribution in [2.45, 2.75) is 57.2 Å². The molecule has 1 saturated heterocycles. The smallest absolute Gasteiger partial charge is 0.416 e. The number of aromatic hydroxyl groups is 1. The molecule has 0 bridgehead atoms. The Labute approximate surface area is 270 Å². The second-order valence-corrected chi connectivity index (χ2v) is 11.5. The van der Waals surface area contributed by atoms with E-state index in [0.29, 0.717) is 11.1 Å². The van der Waals surface area contributed by atoms with Crippen LogP contribution in [0.3, 0.4) is 0 Å². The van der Waals surface area contributed by atoms with Gasteiger partial charge in [-0.3, -0.25) is 4.79 Å². The number of aliphatic hydroxyl groups is 1. The number of hydrogen-bond acceptors (Lipinski definition) is 10. The van der Waals surface area contributed by atoms with Gasteiger partial charge in [-0.1, -0.05) is 24.3 Å². The second-order valence-electron chi connectivity index (χ2n) is 11.5. The number of aliphatic hydroxyl groups excluding tert-OH is 1. The van der Waals surface area contributed by atoms with Crippen LogP contribution in [-0.4, -0.2) is 59.5 Å². The minimum Gasteiger partial charge on any atom is -0.505 e. The van der Waals surface area contributed by atoms with E-state index in [1.165, 1.54) is 56.5 Å². The van der Waals surface area contributed by atoms with E-state index in [4.69, 9.17) is 29.1 Å². The van der Waals surface area contributed by atoms with E-state index >= 15 is 0 Å². The predicted octanol–water partition coefficient (Wildman–Crippen LogP) is 5.10. The van der Waals surface area contributed by atoms with Gasteiger partial charge in [0, 0.05) is 18.2 Å². The highest BCUT2D eigenvalue weighted by atomic mass is 19.4. The van der Waals surface area contributed by atoms with Crippen molar-refractivity contribution < 1.29 is 56.3 Å². The van der Waals surface area contributed by atoms with Crippen LogP contribution in [0.25, 0.3) is 22.1 Å². The van der Waals surface area contributed by atoms with Crippen molar-refractivity contribution in [1.82, 2.24) is 0 Å². The maximum Gasteiger partial charge on any atom is 0.416 e. The van der Waals surface area contributed by atoms with Crippen LogP contribution in [0.4, 0.5) is 23.7 Å². The van der Waals surface area contributed by atoms with Crippen molar-refractivity contribution in [3.05, 3.63) is 87.8 Å². The van der Waals surface area contributed by atoms with Gasteiger partial charge in [0.1, 0.15) is 17.4 Å². The third-order valence-electron chi connectivity index (χ3n) is 7.92. The Morgan fingerprint density at radius 2 is 1.73 bits per heavy atom. The summed E-state index contributed by atoms with van der Waals surface area (Å²) in [5.41, 5.74) is 2.63. The molecule has 12 nitrogen and oxygen atoms in total. The fraction of sp³-hybridized carbons (Fsp3) is 0.303. The number of carbonyl (C=O) groups excluding carboxylic acids is 2. The Bertz CT molecular complexity index is 1920. The molecule has 2 amide bonds. The predicted molar refractivity (Wildman–Crippen MR) is 165 cm³/mol. The molecule has 1 aliphatic heterocycles. The van der Waals surface area contributed by atoms with Crippen molar-refractivity contribution in [3.8, 4) is 22.6 Å². The van der Waals surface area contributed by atoms with Crippen LogP contribution < -0.4 is 21.4 Å². The summed E-state index contributed by atoms with van der Waals surface area (Å²) in [6.07, 6.45) is -10.8. The SMILES string of the molecule is CO[C@@H]1[C@@H](OC(N)=O)[C@@H](O)[C@H](Oc2ccc3c(O)c(NC(=O)c4cccc(-c5ccc(C(F)(F)F)cc5)c4)c(=O)oc3c2C)OC1(C)C. The lowest BCUT2D eigenvalue weighted by Gasteiger charge is -2.47. The van der Waals surface area contributed by atoms with Crippen molar-refractivity contribution in [2.24, 2.45) is 5.73 Å². The van der Waals surface area contributed by atoms with Crippen LogP contribution in [0, 0.1) is 6.92 Å². The number of halogens is 3. The number of aryl methyl sites for hydroxylation is 1. The molecule has 254 valence electrons. The lowest BCUT2D eigenvalue weighted by Crippen LogP contribution is -2.65. The first-order valence-electron chi connectivity index (χ1n) is 14.4. The molecule has 1 aromatic heterocycles. The molecule has 3 aromatic carbocycles. The molecule has 15 heteroatoms. The van der Waals surface area contributed by atoms with Crippen molar-refractivity contribution in [1.29, 1.82) is 0 Å². The summed E-state index contributed by atoms with van der Waals surface area (Å²) in [5.74, 6) is -1.32. The van der Waals surface area contributed by atoms with E-state index in [9.17, 15) is 37.8 Å². The van der Waals surface area contributed by atoms with Gasteiger partial charge in [-0.2, -0.15) is 13.2 Å². The first-order valence-corrected chi connectivity index (χ1v) is 14.4. The van der Waals surface area contributed by atoms with E-state index in [1.54, 1.807) is 19.9 Å². The summed E-state index contributed by atoms with van der Waals surface area (Å²) >= 11 is 0.